The van der Waals surface area contributed by atoms with Gasteiger partial charge < -0.3 is 10.2 Å². The summed E-state index contributed by atoms with van der Waals surface area (Å²) in [4.78, 5) is 34.3. The fourth-order valence-corrected chi connectivity index (χ4v) is 2.65. The molecule has 1 N–H and O–H groups in total. The molecule has 3 rings (SSSR count). The molecular formula is C18H20N4O2. The number of rotatable bonds is 4. The molecule has 0 aliphatic carbocycles. The Bertz CT molecular complexity index is 720. The second kappa shape index (κ2) is 7.21. The lowest BCUT2D eigenvalue weighted by Gasteiger charge is -2.15. The third kappa shape index (κ3) is 3.76. The van der Waals surface area contributed by atoms with Crippen molar-refractivity contribution in [3.05, 3.63) is 59.2 Å². The van der Waals surface area contributed by atoms with E-state index < -0.39 is 0 Å². The number of aryl methyl sites for hydroxylation is 1. The minimum atomic E-state index is -0.264. The van der Waals surface area contributed by atoms with E-state index in [0.717, 1.165) is 37.2 Å². The van der Waals surface area contributed by atoms with E-state index in [0.29, 0.717) is 17.8 Å². The topological polar surface area (TPSA) is 75.2 Å². The Morgan fingerprint density at radius 3 is 2.42 bits per heavy atom. The zero-order chi connectivity index (χ0) is 16.9. The molecule has 0 saturated carbocycles. The summed E-state index contributed by atoms with van der Waals surface area (Å²) in [5.41, 5.74) is 2.68. The van der Waals surface area contributed by atoms with Gasteiger partial charge in [0, 0.05) is 31.4 Å². The van der Waals surface area contributed by atoms with Gasteiger partial charge in [0.05, 0.1) is 11.9 Å². The van der Waals surface area contributed by atoms with E-state index in [9.17, 15) is 9.59 Å². The quantitative estimate of drug-likeness (QED) is 0.933. The Labute approximate surface area is 140 Å². The van der Waals surface area contributed by atoms with Crippen molar-refractivity contribution in [1.82, 2.24) is 20.2 Å². The van der Waals surface area contributed by atoms with E-state index in [1.165, 1.54) is 6.20 Å². The van der Waals surface area contributed by atoms with Gasteiger partial charge in [-0.1, -0.05) is 12.1 Å². The fraction of sp³-hybridized carbons (Fsp3) is 0.333. The monoisotopic (exact) mass is 324 g/mol. The van der Waals surface area contributed by atoms with Gasteiger partial charge in [-0.15, -0.1) is 0 Å². The van der Waals surface area contributed by atoms with Gasteiger partial charge in [0.25, 0.3) is 11.8 Å². The summed E-state index contributed by atoms with van der Waals surface area (Å²) in [6, 6.07) is 7.36. The average Bonchev–Trinajstić information content (AvgIpc) is 3.15. The Balaban J connectivity index is 1.57. The van der Waals surface area contributed by atoms with Gasteiger partial charge >= 0.3 is 0 Å². The summed E-state index contributed by atoms with van der Waals surface area (Å²) < 4.78 is 0. The molecule has 1 saturated heterocycles. The van der Waals surface area contributed by atoms with Crippen molar-refractivity contribution in [2.45, 2.75) is 26.3 Å². The molecule has 0 radical (unpaired) electrons. The van der Waals surface area contributed by atoms with Crippen molar-refractivity contribution in [2.75, 3.05) is 13.1 Å². The third-order valence-electron chi connectivity index (χ3n) is 4.06. The summed E-state index contributed by atoms with van der Waals surface area (Å²) in [5.74, 6) is -0.183. The second-order valence-corrected chi connectivity index (χ2v) is 5.92. The molecule has 0 atom stereocenters. The van der Waals surface area contributed by atoms with Gasteiger partial charge in [-0.3, -0.25) is 14.6 Å². The summed E-state index contributed by atoms with van der Waals surface area (Å²) in [5, 5.41) is 2.80. The maximum atomic E-state index is 12.3. The predicted octanol–water partition coefficient (Wildman–Crippen LogP) is 1.95. The van der Waals surface area contributed by atoms with Gasteiger partial charge in [-0.25, -0.2) is 4.98 Å². The molecule has 2 heterocycles. The molecule has 0 unspecified atom stereocenters. The van der Waals surface area contributed by atoms with Crippen LogP contribution in [0.2, 0.25) is 0 Å². The zero-order valence-corrected chi connectivity index (χ0v) is 13.7. The van der Waals surface area contributed by atoms with E-state index in [2.05, 4.69) is 15.3 Å². The number of carbonyl (C=O) groups excluding carboxylic acids is 2. The van der Waals surface area contributed by atoms with Crippen LogP contribution in [0.4, 0.5) is 0 Å². The van der Waals surface area contributed by atoms with Crippen molar-refractivity contribution in [3.63, 3.8) is 0 Å². The summed E-state index contributed by atoms with van der Waals surface area (Å²) in [7, 11) is 0. The van der Waals surface area contributed by atoms with Gasteiger partial charge in [-0.05, 0) is 37.5 Å². The lowest BCUT2D eigenvalue weighted by Crippen LogP contribution is -2.27. The van der Waals surface area contributed by atoms with Crippen LogP contribution < -0.4 is 5.32 Å². The Kier molecular flexibility index (Phi) is 4.84. The first-order valence-electron chi connectivity index (χ1n) is 8.08. The van der Waals surface area contributed by atoms with Crippen LogP contribution in [0.3, 0.4) is 0 Å². The van der Waals surface area contributed by atoms with Crippen molar-refractivity contribution >= 4 is 11.8 Å². The van der Waals surface area contributed by atoms with E-state index in [4.69, 9.17) is 0 Å². The number of carbonyl (C=O) groups is 2. The Hall–Kier alpha value is -2.76. The Morgan fingerprint density at radius 1 is 1.08 bits per heavy atom. The maximum absolute atomic E-state index is 12.3. The fourth-order valence-electron chi connectivity index (χ4n) is 2.65. The Morgan fingerprint density at radius 2 is 1.79 bits per heavy atom. The number of benzene rings is 1. The third-order valence-corrected chi connectivity index (χ3v) is 4.06. The molecule has 1 fully saturated rings. The van der Waals surface area contributed by atoms with Crippen LogP contribution in [-0.2, 0) is 6.54 Å². The number of likely N-dealkylation sites (tertiary alicyclic amines) is 1. The van der Waals surface area contributed by atoms with Crippen molar-refractivity contribution in [1.29, 1.82) is 0 Å². The molecule has 1 aromatic heterocycles. The van der Waals surface area contributed by atoms with Gasteiger partial charge in [0.15, 0.2) is 0 Å². The molecule has 1 aliphatic rings. The van der Waals surface area contributed by atoms with Crippen LogP contribution in [0.5, 0.6) is 0 Å². The minimum Gasteiger partial charge on any atom is -0.347 e. The highest BCUT2D eigenvalue weighted by Gasteiger charge is 2.19. The highest BCUT2D eigenvalue weighted by molar-refractivity contribution is 5.94. The summed E-state index contributed by atoms with van der Waals surface area (Å²) in [6.07, 6.45) is 5.19. The first-order valence-corrected chi connectivity index (χ1v) is 8.08. The highest BCUT2D eigenvalue weighted by Crippen LogP contribution is 2.13. The molecule has 124 valence electrons. The molecule has 0 bridgehead atoms. The molecule has 1 aromatic carbocycles. The normalized spacial score (nSPS) is 13.8. The van der Waals surface area contributed by atoms with Gasteiger partial charge in [0.1, 0.15) is 5.69 Å². The summed E-state index contributed by atoms with van der Waals surface area (Å²) in [6.45, 7) is 3.88. The first kappa shape index (κ1) is 16.1. The zero-order valence-electron chi connectivity index (χ0n) is 13.7. The molecule has 0 spiro atoms. The van der Waals surface area contributed by atoms with Crippen LogP contribution in [0.15, 0.2) is 36.7 Å². The lowest BCUT2D eigenvalue weighted by molar-refractivity contribution is 0.0792. The van der Waals surface area contributed by atoms with Crippen LogP contribution >= 0.6 is 0 Å². The minimum absolute atomic E-state index is 0.0815. The van der Waals surface area contributed by atoms with Gasteiger partial charge in [0.2, 0.25) is 0 Å². The molecule has 24 heavy (non-hydrogen) atoms. The molecular weight excluding hydrogens is 304 g/mol. The van der Waals surface area contributed by atoms with Crippen LogP contribution in [-0.4, -0.2) is 39.8 Å². The SMILES string of the molecule is Cc1cnc(C(=O)NCc2ccc(C(=O)N3CCCC3)cc2)cn1. The number of nitrogens with one attached hydrogen (secondary N) is 1. The van der Waals surface area contributed by atoms with Gasteiger partial charge in [-0.2, -0.15) is 0 Å². The number of amides is 2. The van der Waals surface area contributed by atoms with E-state index in [-0.39, 0.29) is 11.8 Å². The smallest absolute Gasteiger partial charge is 0.271 e. The average molecular weight is 324 g/mol. The highest BCUT2D eigenvalue weighted by atomic mass is 16.2. The van der Waals surface area contributed by atoms with Crippen molar-refractivity contribution in [3.8, 4) is 0 Å². The molecule has 6 heteroatoms. The van der Waals surface area contributed by atoms with Crippen molar-refractivity contribution in [2.24, 2.45) is 0 Å². The summed E-state index contributed by atoms with van der Waals surface area (Å²) >= 11 is 0. The lowest BCUT2D eigenvalue weighted by atomic mass is 10.1. The maximum Gasteiger partial charge on any atom is 0.271 e. The molecule has 6 nitrogen and oxygen atoms in total. The van der Waals surface area contributed by atoms with E-state index in [1.54, 1.807) is 6.20 Å². The van der Waals surface area contributed by atoms with E-state index in [1.807, 2.05) is 36.1 Å². The molecule has 1 aliphatic heterocycles. The predicted molar refractivity (Wildman–Crippen MR) is 89.5 cm³/mol. The number of nitrogens with zero attached hydrogens (tertiary/aromatic N) is 3. The van der Waals surface area contributed by atoms with E-state index >= 15 is 0 Å². The number of hydrogen-bond acceptors (Lipinski definition) is 4. The van der Waals surface area contributed by atoms with Crippen LogP contribution in [0, 0.1) is 6.92 Å². The number of hydrogen-bond donors (Lipinski definition) is 1. The molecule has 2 amide bonds. The van der Waals surface area contributed by atoms with Crippen LogP contribution in [0.1, 0.15) is 44.9 Å². The first-order chi connectivity index (χ1) is 11.6. The number of aromatic nitrogens is 2. The van der Waals surface area contributed by atoms with Crippen molar-refractivity contribution < 1.29 is 9.59 Å². The largest absolute Gasteiger partial charge is 0.347 e. The molecule has 2 aromatic rings. The van der Waals surface area contributed by atoms with Crippen LogP contribution in [0.25, 0.3) is 0 Å². The standard InChI is InChI=1S/C18H20N4O2/c1-13-10-20-16(12-19-13)17(23)21-11-14-4-6-15(7-5-14)18(24)22-8-2-3-9-22/h4-7,10,12H,2-3,8-9,11H2,1H3,(H,21,23). The second-order valence-electron chi connectivity index (χ2n) is 5.92.